The highest BCUT2D eigenvalue weighted by Crippen LogP contribution is 2.36. The summed E-state index contributed by atoms with van der Waals surface area (Å²) in [6.07, 6.45) is 0. The molecule has 8 heteroatoms. The molecule has 0 saturated carbocycles. The Bertz CT molecular complexity index is 1040. The van der Waals surface area contributed by atoms with Crippen LogP contribution in [-0.2, 0) is 9.59 Å². The van der Waals surface area contributed by atoms with Crippen LogP contribution in [0.15, 0.2) is 54.2 Å². The first-order chi connectivity index (χ1) is 16.0. The SMILES string of the molecule is COc1ccc(OCCN2C(=O)C(c3ccccc3OC)=C(N3CCN(C)CC3)C2=O)cc1. The summed E-state index contributed by atoms with van der Waals surface area (Å²) in [5.74, 6) is 1.33. The van der Waals surface area contributed by atoms with Gasteiger partial charge in [0.25, 0.3) is 11.8 Å². The van der Waals surface area contributed by atoms with Gasteiger partial charge >= 0.3 is 0 Å². The van der Waals surface area contributed by atoms with E-state index in [1.54, 1.807) is 44.6 Å². The van der Waals surface area contributed by atoms with E-state index in [-0.39, 0.29) is 25.0 Å². The quantitative estimate of drug-likeness (QED) is 0.570. The molecule has 2 amide bonds. The summed E-state index contributed by atoms with van der Waals surface area (Å²) in [6, 6.07) is 14.5. The van der Waals surface area contributed by atoms with Crippen molar-refractivity contribution in [3.8, 4) is 17.2 Å². The lowest BCUT2D eigenvalue weighted by Crippen LogP contribution is -2.46. The first kappa shape index (κ1) is 22.7. The molecule has 8 nitrogen and oxygen atoms in total. The van der Waals surface area contributed by atoms with Gasteiger partial charge in [0, 0.05) is 31.7 Å². The van der Waals surface area contributed by atoms with Crippen LogP contribution < -0.4 is 14.2 Å². The molecule has 1 fully saturated rings. The van der Waals surface area contributed by atoms with Crippen molar-refractivity contribution in [3.63, 3.8) is 0 Å². The average molecular weight is 452 g/mol. The van der Waals surface area contributed by atoms with Crippen molar-refractivity contribution < 1.29 is 23.8 Å². The maximum absolute atomic E-state index is 13.5. The zero-order valence-electron chi connectivity index (χ0n) is 19.2. The summed E-state index contributed by atoms with van der Waals surface area (Å²) in [5.41, 5.74) is 1.47. The van der Waals surface area contributed by atoms with Crippen LogP contribution >= 0.6 is 0 Å². The van der Waals surface area contributed by atoms with E-state index in [9.17, 15) is 9.59 Å². The van der Waals surface area contributed by atoms with Crippen molar-refractivity contribution in [2.45, 2.75) is 0 Å². The molecule has 2 aromatic rings. The highest BCUT2D eigenvalue weighted by Gasteiger charge is 2.42. The Morgan fingerprint density at radius 2 is 1.48 bits per heavy atom. The third-order valence-electron chi connectivity index (χ3n) is 5.98. The zero-order valence-corrected chi connectivity index (χ0v) is 19.2. The van der Waals surface area contributed by atoms with E-state index in [1.807, 2.05) is 23.1 Å². The van der Waals surface area contributed by atoms with Crippen molar-refractivity contribution in [1.29, 1.82) is 0 Å². The predicted octanol–water partition coefficient (Wildman–Crippen LogP) is 2.11. The maximum Gasteiger partial charge on any atom is 0.277 e. The minimum absolute atomic E-state index is 0.152. The molecule has 0 spiro atoms. The molecule has 2 heterocycles. The number of piperazine rings is 1. The fraction of sp³-hybridized carbons (Fsp3) is 0.360. The summed E-state index contributed by atoms with van der Waals surface area (Å²) < 4.78 is 16.4. The molecule has 0 aliphatic carbocycles. The van der Waals surface area contributed by atoms with Gasteiger partial charge in [-0.05, 0) is 37.4 Å². The molecule has 2 aromatic carbocycles. The lowest BCUT2D eigenvalue weighted by molar-refractivity contribution is -0.138. The zero-order chi connectivity index (χ0) is 23.4. The summed E-state index contributed by atoms with van der Waals surface area (Å²) >= 11 is 0. The van der Waals surface area contributed by atoms with Gasteiger partial charge in [0.2, 0.25) is 0 Å². The Balaban J connectivity index is 1.57. The number of para-hydroxylation sites is 1. The van der Waals surface area contributed by atoms with Crippen LogP contribution in [0.1, 0.15) is 5.56 Å². The highest BCUT2D eigenvalue weighted by molar-refractivity contribution is 6.36. The van der Waals surface area contributed by atoms with Crippen molar-refractivity contribution in [2.75, 3.05) is 60.6 Å². The van der Waals surface area contributed by atoms with E-state index in [0.717, 1.165) is 18.8 Å². The molecule has 174 valence electrons. The van der Waals surface area contributed by atoms with Crippen molar-refractivity contribution in [2.24, 2.45) is 0 Å². The Labute approximate surface area is 193 Å². The van der Waals surface area contributed by atoms with Crippen LogP contribution in [0.2, 0.25) is 0 Å². The largest absolute Gasteiger partial charge is 0.497 e. The van der Waals surface area contributed by atoms with Gasteiger partial charge in [0.1, 0.15) is 29.6 Å². The second-order valence-corrected chi connectivity index (χ2v) is 8.00. The van der Waals surface area contributed by atoms with Crippen LogP contribution in [-0.4, -0.2) is 87.1 Å². The van der Waals surface area contributed by atoms with E-state index >= 15 is 0 Å². The molecule has 1 saturated heterocycles. The second kappa shape index (κ2) is 9.95. The van der Waals surface area contributed by atoms with Crippen molar-refractivity contribution in [1.82, 2.24) is 14.7 Å². The van der Waals surface area contributed by atoms with Gasteiger partial charge in [0.15, 0.2) is 0 Å². The molecule has 2 aliphatic heterocycles. The minimum Gasteiger partial charge on any atom is -0.497 e. The summed E-state index contributed by atoms with van der Waals surface area (Å²) in [7, 11) is 5.22. The normalized spacial score (nSPS) is 17.1. The number of nitrogens with zero attached hydrogens (tertiary/aromatic N) is 3. The van der Waals surface area contributed by atoms with Gasteiger partial charge in [-0.25, -0.2) is 0 Å². The molecule has 0 unspecified atom stereocenters. The third-order valence-corrected chi connectivity index (χ3v) is 5.98. The first-order valence-corrected chi connectivity index (χ1v) is 11.0. The number of hydrogen-bond donors (Lipinski definition) is 0. The molecule has 0 N–H and O–H groups in total. The van der Waals surface area contributed by atoms with Gasteiger partial charge < -0.3 is 24.0 Å². The number of amides is 2. The fourth-order valence-electron chi connectivity index (χ4n) is 4.11. The van der Waals surface area contributed by atoms with E-state index in [0.29, 0.717) is 41.4 Å². The highest BCUT2D eigenvalue weighted by atomic mass is 16.5. The molecule has 0 radical (unpaired) electrons. The van der Waals surface area contributed by atoms with E-state index in [4.69, 9.17) is 14.2 Å². The summed E-state index contributed by atoms with van der Waals surface area (Å²) in [6.45, 7) is 3.35. The number of benzene rings is 2. The lowest BCUT2D eigenvalue weighted by atomic mass is 10.0. The Kier molecular flexibility index (Phi) is 6.84. The second-order valence-electron chi connectivity index (χ2n) is 8.00. The van der Waals surface area contributed by atoms with Crippen LogP contribution in [0.3, 0.4) is 0 Å². The number of ether oxygens (including phenoxy) is 3. The lowest BCUT2D eigenvalue weighted by Gasteiger charge is -2.34. The molecule has 0 bridgehead atoms. The maximum atomic E-state index is 13.5. The van der Waals surface area contributed by atoms with E-state index < -0.39 is 0 Å². The van der Waals surface area contributed by atoms with Crippen LogP contribution in [0.4, 0.5) is 0 Å². The monoisotopic (exact) mass is 451 g/mol. The Morgan fingerprint density at radius 3 is 2.15 bits per heavy atom. The minimum atomic E-state index is -0.322. The average Bonchev–Trinajstić information content (AvgIpc) is 3.09. The number of carbonyl (C=O) groups is 2. The molecule has 0 atom stereocenters. The molecule has 0 aromatic heterocycles. The van der Waals surface area contributed by atoms with E-state index in [2.05, 4.69) is 11.9 Å². The van der Waals surface area contributed by atoms with Gasteiger partial charge in [0.05, 0.1) is 26.3 Å². The number of methoxy groups -OCH3 is 2. The summed E-state index contributed by atoms with van der Waals surface area (Å²) in [5, 5.41) is 0. The topological polar surface area (TPSA) is 71.6 Å². The Morgan fingerprint density at radius 1 is 0.818 bits per heavy atom. The van der Waals surface area contributed by atoms with Gasteiger partial charge in [-0.1, -0.05) is 18.2 Å². The number of likely N-dealkylation sites (N-methyl/N-ethyl adjacent to an activating group) is 1. The first-order valence-electron chi connectivity index (χ1n) is 11.0. The number of rotatable bonds is 8. The fourth-order valence-corrected chi connectivity index (χ4v) is 4.11. The third kappa shape index (κ3) is 4.66. The summed E-state index contributed by atoms with van der Waals surface area (Å²) in [4.78, 5) is 32.5. The van der Waals surface area contributed by atoms with Crippen molar-refractivity contribution >= 4 is 17.4 Å². The molecular formula is C25H29N3O5. The molecule has 2 aliphatic rings. The molecular weight excluding hydrogens is 422 g/mol. The number of hydrogen-bond acceptors (Lipinski definition) is 7. The Hall–Kier alpha value is -3.52. The molecule has 33 heavy (non-hydrogen) atoms. The van der Waals surface area contributed by atoms with Gasteiger partial charge in [-0.15, -0.1) is 0 Å². The van der Waals surface area contributed by atoms with Gasteiger partial charge in [-0.2, -0.15) is 0 Å². The van der Waals surface area contributed by atoms with Crippen LogP contribution in [0, 0.1) is 0 Å². The van der Waals surface area contributed by atoms with Crippen LogP contribution in [0.25, 0.3) is 5.57 Å². The smallest absolute Gasteiger partial charge is 0.277 e. The van der Waals surface area contributed by atoms with Crippen LogP contribution in [0.5, 0.6) is 17.2 Å². The van der Waals surface area contributed by atoms with Crippen molar-refractivity contribution in [3.05, 3.63) is 59.8 Å². The number of imide groups is 1. The predicted molar refractivity (Wildman–Crippen MR) is 124 cm³/mol. The van der Waals surface area contributed by atoms with Gasteiger partial charge in [-0.3, -0.25) is 14.5 Å². The van der Waals surface area contributed by atoms with E-state index in [1.165, 1.54) is 4.90 Å². The number of carbonyl (C=O) groups excluding carboxylic acids is 2. The molecule has 4 rings (SSSR count). The standard InChI is InChI=1S/C25H29N3O5/c1-26-12-14-27(15-13-26)23-22(20-6-4-5-7-21(20)32-3)24(29)28(25(23)30)16-17-33-19-10-8-18(31-2)9-11-19/h4-11H,12-17H2,1-3H3.